The van der Waals surface area contributed by atoms with Crippen molar-refractivity contribution in [3.63, 3.8) is 0 Å². The molecule has 2 aromatic rings. The lowest BCUT2D eigenvalue weighted by Crippen LogP contribution is -2.61. The molecule has 1 aliphatic carbocycles. The number of hydrogen-bond acceptors (Lipinski definition) is 4. The zero-order valence-corrected chi connectivity index (χ0v) is 20.7. The summed E-state index contributed by atoms with van der Waals surface area (Å²) >= 11 is 12.3. The van der Waals surface area contributed by atoms with Gasteiger partial charge in [0.1, 0.15) is 11.5 Å². The van der Waals surface area contributed by atoms with Gasteiger partial charge in [-0.3, -0.25) is 14.5 Å². The largest absolute Gasteiger partial charge is 0.480 e. The minimum atomic E-state index is -1.35. The maximum absolute atomic E-state index is 15.5. The second kappa shape index (κ2) is 7.64. The van der Waals surface area contributed by atoms with Crippen LogP contribution in [0, 0.1) is 11.2 Å². The van der Waals surface area contributed by atoms with E-state index < -0.39 is 34.7 Å². The zero-order chi connectivity index (χ0) is 24.6. The fourth-order valence-corrected chi connectivity index (χ4v) is 7.18. The lowest BCUT2D eigenvalue weighted by molar-refractivity contribution is -0.144. The molecule has 0 radical (unpaired) electrons. The van der Waals surface area contributed by atoms with Gasteiger partial charge in [0.05, 0.1) is 0 Å². The van der Waals surface area contributed by atoms with Gasteiger partial charge in [-0.25, -0.2) is 9.37 Å². The molecule has 3 heterocycles. The molecule has 6 nitrogen and oxygen atoms in total. The van der Waals surface area contributed by atoms with Gasteiger partial charge < -0.3 is 10.4 Å². The van der Waals surface area contributed by atoms with Crippen LogP contribution in [0.25, 0.3) is 0 Å². The number of carbonyl (C=O) groups excluding carboxylic acids is 1. The Morgan fingerprint density at radius 3 is 2.53 bits per heavy atom. The first kappa shape index (κ1) is 23.5. The molecule has 2 fully saturated rings. The van der Waals surface area contributed by atoms with Crippen molar-refractivity contribution in [1.29, 1.82) is 0 Å². The molecule has 2 N–H and O–H groups in total. The van der Waals surface area contributed by atoms with Crippen LogP contribution < -0.4 is 5.32 Å². The van der Waals surface area contributed by atoms with Crippen LogP contribution in [-0.2, 0) is 15.0 Å². The fraction of sp³-hybridized carbons (Fsp3) is 0.480. The number of anilines is 1. The summed E-state index contributed by atoms with van der Waals surface area (Å²) in [4.78, 5) is 32.6. The molecular weight excluding hydrogens is 480 g/mol. The number of amides is 1. The average molecular weight is 506 g/mol. The number of hydrogen-bond donors (Lipinski definition) is 2. The van der Waals surface area contributed by atoms with E-state index in [0.29, 0.717) is 29.1 Å². The number of benzene rings is 1. The number of likely N-dealkylation sites (tertiary alicyclic amines) is 1. The Balaban J connectivity index is 1.87. The van der Waals surface area contributed by atoms with Crippen molar-refractivity contribution in [2.45, 2.75) is 62.4 Å². The van der Waals surface area contributed by atoms with Gasteiger partial charge in [-0.05, 0) is 67.5 Å². The van der Waals surface area contributed by atoms with Gasteiger partial charge in [0, 0.05) is 28.4 Å². The van der Waals surface area contributed by atoms with Gasteiger partial charge in [0.25, 0.3) is 0 Å². The van der Waals surface area contributed by atoms with Crippen molar-refractivity contribution in [3.05, 3.63) is 57.6 Å². The molecule has 9 heteroatoms. The molecule has 5 rings (SSSR count). The van der Waals surface area contributed by atoms with Crippen LogP contribution >= 0.6 is 23.2 Å². The van der Waals surface area contributed by atoms with Crippen LogP contribution in [0.2, 0.25) is 10.2 Å². The van der Waals surface area contributed by atoms with E-state index in [0.717, 1.165) is 12.8 Å². The Bertz CT molecular complexity index is 1210. The number of nitrogens with one attached hydrogen (secondary N) is 1. The number of aromatic nitrogens is 1. The Kier molecular flexibility index (Phi) is 5.28. The van der Waals surface area contributed by atoms with Crippen molar-refractivity contribution >= 4 is 40.8 Å². The summed E-state index contributed by atoms with van der Waals surface area (Å²) in [5.74, 6) is -3.27. The molecule has 180 valence electrons. The summed E-state index contributed by atoms with van der Waals surface area (Å²) in [6.45, 7) is 4.36. The van der Waals surface area contributed by atoms with E-state index >= 15 is 4.39 Å². The predicted molar refractivity (Wildman–Crippen MR) is 128 cm³/mol. The van der Waals surface area contributed by atoms with Crippen molar-refractivity contribution in [2.75, 3.05) is 12.4 Å². The summed E-state index contributed by atoms with van der Waals surface area (Å²) in [7, 11) is 1.75. The smallest absolute Gasteiger partial charge is 0.321 e. The number of likely N-dealkylation sites (N-methyl/N-ethyl adjacent to an activating group) is 1. The maximum atomic E-state index is 15.5. The second-order valence-corrected chi connectivity index (χ2v) is 11.3. The van der Waals surface area contributed by atoms with Gasteiger partial charge in [0.15, 0.2) is 11.0 Å². The standard InChI is InChI=1S/C25H26Cl2FN3O3/c1-23(2)7-9-24(10-8-23)25(15-5-4-13(26)12-16(15)30-22(25)34)17(19(21(32)33)31(24)3)14-6-11-29-20(27)18(14)28/h4-6,11-12,17,19H,7-10H2,1-3H3,(H,30,34)(H,32,33)/t17-,19+,25+/m0/s1. The molecule has 1 saturated heterocycles. The monoisotopic (exact) mass is 505 g/mol. The number of carboxylic acids is 1. The Morgan fingerprint density at radius 1 is 1.21 bits per heavy atom. The van der Waals surface area contributed by atoms with E-state index in [1.165, 1.54) is 12.3 Å². The number of carboxylic acid groups (broad SMARTS) is 1. The molecule has 0 unspecified atom stereocenters. The molecule has 1 amide bonds. The van der Waals surface area contributed by atoms with E-state index in [-0.39, 0.29) is 22.0 Å². The summed E-state index contributed by atoms with van der Waals surface area (Å²) < 4.78 is 15.5. The lowest BCUT2D eigenvalue weighted by atomic mass is 9.53. The quantitative estimate of drug-likeness (QED) is 0.545. The van der Waals surface area contributed by atoms with Crippen molar-refractivity contribution in [1.82, 2.24) is 9.88 Å². The first-order chi connectivity index (χ1) is 16.0. The average Bonchev–Trinajstić information content (AvgIpc) is 3.17. The van der Waals surface area contributed by atoms with Gasteiger partial charge in [-0.1, -0.05) is 43.1 Å². The van der Waals surface area contributed by atoms with E-state index in [2.05, 4.69) is 24.1 Å². The minimum Gasteiger partial charge on any atom is -0.480 e. The number of carbonyl (C=O) groups is 2. The Labute approximate surface area is 207 Å². The van der Waals surface area contributed by atoms with Gasteiger partial charge in [-0.2, -0.15) is 0 Å². The molecule has 0 bridgehead atoms. The summed E-state index contributed by atoms with van der Waals surface area (Å²) in [5, 5.41) is 13.5. The van der Waals surface area contributed by atoms with Crippen LogP contribution in [0.3, 0.4) is 0 Å². The highest BCUT2D eigenvalue weighted by Crippen LogP contribution is 2.67. The van der Waals surface area contributed by atoms with Crippen molar-refractivity contribution < 1.29 is 19.1 Å². The molecule has 2 aliphatic heterocycles. The number of fused-ring (bicyclic) bond motifs is 3. The topological polar surface area (TPSA) is 82.5 Å². The number of halogens is 3. The number of nitrogens with zero attached hydrogens (tertiary/aromatic N) is 2. The van der Waals surface area contributed by atoms with Gasteiger partial charge in [-0.15, -0.1) is 0 Å². The van der Waals surface area contributed by atoms with Gasteiger partial charge in [0.2, 0.25) is 5.91 Å². The van der Waals surface area contributed by atoms with Crippen molar-refractivity contribution in [3.8, 4) is 0 Å². The molecule has 3 atom stereocenters. The number of pyridine rings is 1. The van der Waals surface area contributed by atoms with Crippen LogP contribution in [0.4, 0.5) is 10.1 Å². The normalized spacial score (nSPS) is 29.4. The zero-order valence-electron chi connectivity index (χ0n) is 19.2. The third-order valence-electron chi connectivity index (χ3n) is 8.52. The maximum Gasteiger partial charge on any atom is 0.321 e. The fourth-order valence-electron chi connectivity index (χ4n) is 6.84. The molecule has 1 aromatic heterocycles. The highest BCUT2D eigenvalue weighted by molar-refractivity contribution is 6.31. The highest BCUT2D eigenvalue weighted by Gasteiger charge is 2.75. The number of rotatable bonds is 2. The molecule has 1 aromatic carbocycles. The first-order valence-electron chi connectivity index (χ1n) is 11.3. The number of aliphatic carboxylic acids is 1. The predicted octanol–water partition coefficient (Wildman–Crippen LogP) is 5.24. The van der Waals surface area contributed by atoms with Crippen LogP contribution in [-0.4, -0.2) is 45.5 Å². The summed E-state index contributed by atoms with van der Waals surface area (Å²) in [5.41, 5.74) is -0.887. The molecule has 3 aliphatic rings. The Hall–Kier alpha value is -2.22. The molecule has 1 saturated carbocycles. The van der Waals surface area contributed by atoms with Gasteiger partial charge >= 0.3 is 5.97 Å². The van der Waals surface area contributed by atoms with E-state index in [1.807, 2.05) is 4.90 Å². The van der Waals surface area contributed by atoms with Crippen molar-refractivity contribution in [2.24, 2.45) is 5.41 Å². The SMILES string of the molecule is CN1[C@@H](C(=O)O)[C@H](c2ccnc(Cl)c2F)[C@]2(C(=O)Nc3cc(Cl)ccc32)C12CCC(C)(C)CC2. The Morgan fingerprint density at radius 2 is 1.88 bits per heavy atom. The van der Waals surface area contributed by atoms with E-state index in [4.69, 9.17) is 23.2 Å². The van der Waals surface area contributed by atoms with E-state index in [1.54, 1.807) is 25.2 Å². The minimum absolute atomic E-state index is 0.0488. The van der Waals surface area contributed by atoms with Crippen LogP contribution in [0.15, 0.2) is 30.5 Å². The van der Waals surface area contributed by atoms with Crippen LogP contribution in [0.5, 0.6) is 0 Å². The highest BCUT2D eigenvalue weighted by atomic mass is 35.5. The summed E-state index contributed by atoms with van der Waals surface area (Å²) in [6, 6.07) is 5.45. The summed E-state index contributed by atoms with van der Waals surface area (Å²) in [6.07, 6.45) is 4.14. The van der Waals surface area contributed by atoms with Crippen LogP contribution in [0.1, 0.15) is 56.6 Å². The molecule has 34 heavy (non-hydrogen) atoms. The van der Waals surface area contributed by atoms with E-state index in [9.17, 15) is 14.7 Å². The second-order valence-electron chi connectivity index (χ2n) is 10.5. The lowest BCUT2D eigenvalue weighted by Gasteiger charge is -2.52. The third-order valence-corrected chi connectivity index (χ3v) is 9.02. The third kappa shape index (κ3) is 2.93. The molecular formula is C25H26Cl2FN3O3. The molecule has 2 spiro atoms. The first-order valence-corrected chi connectivity index (χ1v) is 12.1.